The molecule has 0 aromatic heterocycles. The molecule has 1 aromatic rings. The highest BCUT2D eigenvalue weighted by molar-refractivity contribution is 7.91. The largest absolute Gasteiger partial charge is 0.478 e. The number of hydrogen-bond donors (Lipinski definition) is 1. The van der Waals surface area contributed by atoms with Gasteiger partial charge in [0, 0.05) is 6.04 Å². The minimum absolute atomic E-state index is 0.00538. The number of nitrogens with one attached hydrogen (secondary N) is 1. The minimum atomic E-state index is -3.05. The summed E-state index contributed by atoms with van der Waals surface area (Å²) in [6.07, 6.45) is -0.490. The van der Waals surface area contributed by atoms with Crippen molar-refractivity contribution in [3.05, 3.63) is 30.1 Å². The average Bonchev–Trinajstić information content (AvgIpc) is 2.71. The van der Waals surface area contributed by atoms with Crippen LogP contribution in [0.25, 0.3) is 0 Å². The van der Waals surface area contributed by atoms with E-state index in [1.165, 1.54) is 25.1 Å². The van der Waals surface area contributed by atoms with Crippen LogP contribution in [0.15, 0.2) is 24.3 Å². The Morgan fingerprint density at radius 2 is 2.15 bits per heavy atom. The van der Waals surface area contributed by atoms with Gasteiger partial charge in [0.2, 0.25) is 0 Å². The maximum atomic E-state index is 13.4. The summed E-state index contributed by atoms with van der Waals surface area (Å²) in [4.78, 5) is 11.9. The number of amides is 1. The maximum Gasteiger partial charge on any atom is 0.261 e. The van der Waals surface area contributed by atoms with E-state index >= 15 is 0 Å². The molecule has 5 nitrogen and oxygen atoms in total. The molecule has 0 spiro atoms. The molecule has 110 valence electrons. The third-order valence-corrected chi connectivity index (χ3v) is 4.86. The van der Waals surface area contributed by atoms with E-state index in [9.17, 15) is 17.6 Å². The van der Waals surface area contributed by atoms with Gasteiger partial charge >= 0.3 is 0 Å². The van der Waals surface area contributed by atoms with Crippen LogP contribution in [-0.4, -0.2) is 38.0 Å². The van der Waals surface area contributed by atoms with E-state index in [1.807, 2.05) is 0 Å². The van der Waals surface area contributed by atoms with Crippen molar-refractivity contribution in [1.82, 2.24) is 5.32 Å². The van der Waals surface area contributed by atoms with Gasteiger partial charge in [-0.1, -0.05) is 12.1 Å². The Kier molecular flexibility index (Phi) is 4.27. The van der Waals surface area contributed by atoms with Crippen molar-refractivity contribution in [3.8, 4) is 5.75 Å². The molecule has 0 bridgehead atoms. The van der Waals surface area contributed by atoms with Gasteiger partial charge in [-0.05, 0) is 25.5 Å². The van der Waals surface area contributed by atoms with Crippen LogP contribution in [0, 0.1) is 5.82 Å². The molecule has 1 heterocycles. The summed E-state index contributed by atoms with van der Waals surface area (Å²) in [7, 11) is -3.05. The number of halogens is 1. The molecule has 1 amide bonds. The van der Waals surface area contributed by atoms with Gasteiger partial charge < -0.3 is 10.1 Å². The van der Waals surface area contributed by atoms with Crippen LogP contribution in [0.1, 0.15) is 13.3 Å². The summed E-state index contributed by atoms with van der Waals surface area (Å²) < 4.78 is 41.2. The lowest BCUT2D eigenvalue weighted by Crippen LogP contribution is -2.43. The topological polar surface area (TPSA) is 72.5 Å². The minimum Gasteiger partial charge on any atom is -0.478 e. The number of para-hydroxylation sites is 1. The first kappa shape index (κ1) is 14.8. The summed E-state index contributed by atoms with van der Waals surface area (Å²) in [5, 5.41) is 2.61. The zero-order valence-electron chi connectivity index (χ0n) is 11.0. The zero-order valence-corrected chi connectivity index (χ0v) is 11.8. The fourth-order valence-electron chi connectivity index (χ4n) is 2.01. The van der Waals surface area contributed by atoms with Gasteiger partial charge in [0.1, 0.15) is 0 Å². The summed E-state index contributed by atoms with van der Waals surface area (Å²) >= 11 is 0. The van der Waals surface area contributed by atoms with Crippen molar-refractivity contribution in [2.75, 3.05) is 11.5 Å². The zero-order chi connectivity index (χ0) is 14.8. The Morgan fingerprint density at radius 3 is 2.75 bits per heavy atom. The normalized spacial score (nSPS) is 22.2. The summed E-state index contributed by atoms with van der Waals surface area (Å²) in [6, 6.07) is 5.41. The van der Waals surface area contributed by atoms with Crippen molar-refractivity contribution in [2.24, 2.45) is 0 Å². The summed E-state index contributed by atoms with van der Waals surface area (Å²) in [6.45, 7) is 1.49. The van der Waals surface area contributed by atoms with Gasteiger partial charge in [0.25, 0.3) is 5.91 Å². The predicted molar refractivity (Wildman–Crippen MR) is 71.7 cm³/mol. The Morgan fingerprint density at radius 1 is 1.45 bits per heavy atom. The number of hydrogen-bond acceptors (Lipinski definition) is 4. The average molecular weight is 301 g/mol. The fourth-order valence-corrected chi connectivity index (χ4v) is 3.69. The standard InChI is InChI=1S/C13H16FNO4S/c1-9(19-12-5-3-2-4-11(12)14)13(16)15-10-6-7-20(17,18)8-10/h2-5,9-10H,6-8H2,1H3,(H,15,16)/t9-,10-/m0/s1. The van der Waals surface area contributed by atoms with Crippen molar-refractivity contribution < 1.29 is 22.3 Å². The van der Waals surface area contributed by atoms with Crippen LogP contribution in [0.3, 0.4) is 0 Å². The van der Waals surface area contributed by atoms with Crippen LogP contribution >= 0.6 is 0 Å². The third-order valence-electron chi connectivity index (χ3n) is 3.09. The monoisotopic (exact) mass is 301 g/mol. The van der Waals surface area contributed by atoms with Gasteiger partial charge in [-0.25, -0.2) is 12.8 Å². The van der Waals surface area contributed by atoms with Gasteiger partial charge in [-0.2, -0.15) is 0 Å². The fraction of sp³-hybridized carbons (Fsp3) is 0.462. The highest BCUT2D eigenvalue weighted by atomic mass is 32.2. The highest BCUT2D eigenvalue weighted by Gasteiger charge is 2.30. The molecule has 2 atom stereocenters. The second kappa shape index (κ2) is 5.78. The molecule has 0 aliphatic carbocycles. The second-order valence-corrected chi connectivity index (χ2v) is 7.03. The van der Waals surface area contributed by atoms with Crippen LogP contribution in [0.4, 0.5) is 4.39 Å². The van der Waals surface area contributed by atoms with Crippen molar-refractivity contribution in [3.63, 3.8) is 0 Å². The van der Waals surface area contributed by atoms with Gasteiger partial charge in [-0.15, -0.1) is 0 Å². The van der Waals surface area contributed by atoms with Crippen molar-refractivity contribution in [2.45, 2.75) is 25.5 Å². The number of carbonyl (C=O) groups is 1. The molecule has 7 heteroatoms. The molecule has 1 aromatic carbocycles. The lowest BCUT2D eigenvalue weighted by atomic mass is 10.2. The van der Waals surface area contributed by atoms with Gasteiger partial charge in [-0.3, -0.25) is 4.79 Å². The number of ether oxygens (including phenoxy) is 1. The summed E-state index contributed by atoms with van der Waals surface area (Å²) in [5.74, 6) is -0.966. The van der Waals surface area contributed by atoms with Crippen LogP contribution < -0.4 is 10.1 Å². The van der Waals surface area contributed by atoms with E-state index in [1.54, 1.807) is 6.07 Å². The lowest BCUT2D eigenvalue weighted by molar-refractivity contribution is -0.127. The Hall–Kier alpha value is -1.63. The molecule has 1 aliphatic rings. The molecule has 1 fully saturated rings. The molecule has 2 rings (SSSR count). The van der Waals surface area contributed by atoms with Crippen LogP contribution in [0.2, 0.25) is 0 Å². The van der Waals surface area contributed by atoms with E-state index in [0.29, 0.717) is 6.42 Å². The van der Waals surface area contributed by atoms with E-state index in [-0.39, 0.29) is 23.3 Å². The Bertz CT molecular complexity index is 602. The molecule has 0 saturated carbocycles. The van der Waals surface area contributed by atoms with E-state index in [2.05, 4.69) is 5.32 Å². The number of rotatable bonds is 4. The molecule has 20 heavy (non-hydrogen) atoms. The molecule has 1 saturated heterocycles. The van der Waals surface area contributed by atoms with E-state index < -0.39 is 27.7 Å². The smallest absolute Gasteiger partial charge is 0.261 e. The second-order valence-electron chi connectivity index (χ2n) is 4.80. The molecule has 0 unspecified atom stereocenters. The first-order chi connectivity index (χ1) is 9.37. The quantitative estimate of drug-likeness (QED) is 0.896. The van der Waals surface area contributed by atoms with Crippen molar-refractivity contribution >= 4 is 15.7 Å². The van der Waals surface area contributed by atoms with Gasteiger partial charge in [0.15, 0.2) is 27.5 Å². The van der Waals surface area contributed by atoms with Gasteiger partial charge in [0.05, 0.1) is 11.5 Å². The molecule has 1 aliphatic heterocycles. The van der Waals surface area contributed by atoms with Crippen LogP contribution in [0.5, 0.6) is 5.75 Å². The maximum absolute atomic E-state index is 13.4. The Labute approximate surface area is 117 Å². The predicted octanol–water partition coefficient (Wildman–Crippen LogP) is 0.896. The molecule has 1 N–H and O–H groups in total. The lowest BCUT2D eigenvalue weighted by Gasteiger charge is -2.17. The first-order valence-corrected chi connectivity index (χ1v) is 8.11. The van der Waals surface area contributed by atoms with E-state index in [0.717, 1.165) is 0 Å². The number of carbonyl (C=O) groups excluding carboxylic acids is 1. The highest BCUT2D eigenvalue weighted by Crippen LogP contribution is 2.17. The molecule has 0 radical (unpaired) electrons. The summed E-state index contributed by atoms with van der Waals surface area (Å²) in [5.41, 5.74) is 0. The van der Waals surface area contributed by atoms with Crippen molar-refractivity contribution in [1.29, 1.82) is 0 Å². The number of benzene rings is 1. The Balaban J connectivity index is 1.91. The molecular formula is C13H16FNO4S. The van der Waals surface area contributed by atoms with Crippen LogP contribution in [-0.2, 0) is 14.6 Å². The molecular weight excluding hydrogens is 285 g/mol. The van der Waals surface area contributed by atoms with E-state index in [4.69, 9.17) is 4.74 Å². The number of sulfone groups is 1. The first-order valence-electron chi connectivity index (χ1n) is 6.29. The third kappa shape index (κ3) is 3.69. The SMILES string of the molecule is C[C@H](Oc1ccccc1F)C(=O)N[C@H]1CCS(=O)(=O)C1.